The minimum Gasteiger partial charge on any atom is -0.376 e. The van der Waals surface area contributed by atoms with Crippen molar-refractivity contribution in [3.05, 3.63) is 35.4 Å². The van der Waals surface area contributed by atoms with E-state index in [9.17, 15) is 0 Å². The van der Waals surface area contributed by atoms with E-state index in [0.29, 0.717) is 0 Å². The molecule has 1 aromatic carbocycles. The van der Waals surface area contributed by atoms with Crippen LogP contribution in [0.25, 0.3) is 0 Å². The number of benzene rings is 1. The molecule has 1 rings (SSSR count). The molecule has 2 nitrogen and oxygen atoms in total. The quantitative estimate of drug-likeness (QED) is 0.782. The van der Waals surface area contributed by atoms with Crippen LogP contribution < -0.4 is 5.32 Å². The third-order valence-electron chi connectivity index (χ3n) is 2.96. The van der Waals surface area contributed by atoms with Gasteiger partial charge in [0.1, 0.15) is 0 Å². The van der Waals surface area contributed by atoms with Gasteiger partial charge in [0.2, 0.25) is 0 Å². The fourth-order valence-electron chi connectivity index (χ4n) is 1.92. The summed E-state index contributed by atoms with van der Waals surface area (Å²) >= 11 is 0. The van der Waals surface area contributed by atoms with Crippen molar-refractivity contribution in [2.24, 2.45) is 0 Å². The third kappa shape index (κ3) is 8.34. The maximum Gasteiger partial charge on any atom is 0.0598 e. The third-order valence-corrected chi connectivity index (χ3v) is 2.96. The molecule has 0 bridgehead atoms. The fraction of sp³-hybridized carbons (Fsp3) is 0.667. The van der Waals surface area contributed by atoms with Gasteiger partial charge in [0.25, 0.3) is 0 Å². The van der Waals surface area contributed by atoms with E-state index < -0.39 is 0 Å². The Balaban J connectivity index is 2.40. The molecule has 20 heavy (non-hydrogen) atoms. The van der Waals surface area contributed by atoms with Gasteiger partial charge in [0.05, 0.1) is 5.60 Å². The second-order valence-electron chi connectivity index (χ2n) is 7.49. The molecule has 0 fully saturated rings. The number of hydrogen-bond acceptors (Lipinski definition) is 2. The lowest BCUT2D eigenvalue weighted by atomic mass is 10.0. The van der Waals surface area contributed by atoms with Crippen LogP contribution in [-0.2, 0) is 17.7 Å². The summed E-state index contributed by atoms with van der Waals surface area (Å²) in [6.45, 7) is 14.6. The van der Waals surface area contributed by atoms with Gasteiger partial charge in [-0.2, -0.15) is 0 Å². The second kappa shape index (κ2) is 7.24. The number of ether oxygens (including phenoxy) is 1. The minimum atomic E-state index is -0.0293. The summed E-state index contributed by atoms with van der Waals surface area (Å²) in [6, 6.07) is 8.85. The number of aryl methyl sites for hydroxylation is 1. The fourth-order valence-corrected chi connectivity index (χ4v) is 1.92. The van der Waals surface area contributed by atoms with Crippen LogP contribution in [0.4, 0.5) is 0 Å². The van der Waals surface area contributed by atoms with Crippen LogP contribution in [0.15, 0.2) is 24.3 Å². The molecule has 0 radical (unpaired) electrons. The van der Waals surface area contributed by atoms with Crippen molar-refractivity contribution in [3.8, 4) is 0 Å². The van der Waals surface area contributed by atoms with E-state index in [2.05, 4.69) is 71.1 Å². The average molecular weight is 277 g/mol. The van der Waals surface area contributed by atoms with Crippen molar-refractivity contribution in [2.75, 3.05) is 6.61 Å². The molecule has 0 saturated heterocycles. The summed E-state index contributed by atoms with van der Waals surface area (Å²) in [5.74, 6) is 0. The van der Waals surface area contributed by atoms with E-state index >= 15 is 0 Å². The summed E-state index contributed by atoms with van der Waals surface area (Å²) in [5.41, 5.74) is 2.89. The number of rotatable bonds is 6. The zero-order valence-corrected chi connectivity index (χ0v) is 14.0. The Morgan fingerprint density at radius 3 is 2.25 bits per heavy atom. The van der Waals surface area contributed by atoms with Crippen LogP contribution in [0.3, 0.4) is 0 Å². The summed E-state index contributed by atoms with van der Waals surface area (Å²) in [5, 5.41) is 3.53. The van der Waals surface area contributed by atoms with Gasteiger partial charge in [-0.1, -0.05) is 24.3 Å². The minimum absolute atomic E-state index is 0.0293. The van der Waals surface area contributed by atoms with Crippen molar-refractivity contribution in [1.29, 1.82) is 0 Å². The first-order valence-electron chi connectivity index (χ1n) is 7.62. The van der Waals surface area contributed by atoms with Crippen molar-refractivity contribution >= 4 is 0 Å². The Bertz CT molecular complexity index is 399. The van der Waals surface area contributed by atoms with Gasteiger partial charge in [-0.3, -0.25) is 0 Å². The van der Waals surface area contributed by atoms with Crippen LogP contribution in [-0.4, -0.2) is 17.7 Å². The maximum absolute atomic E-state index is 5.76. The molecule has 0 unspecified atom stereocenters. The molecule has 0 aliphatic rings. The van der Waals surface area contributed by atoms with Crippen molar-refractivity contribution in [3.63, 3.8) is 0 Å². The molecule has 0 heterocycles. The first kappa shape index (κ1) is 17.2. The van der Waals surface area contributed by atoms with E-state index in [4.69, 9.17) is 4.74 Å². The molecule has 0 aliphatic heterocycles. The molecule has 1 N–H and O–H groups in total. The van der Waals surface area contributed by atoms with Crippen LogP contribution in [0.1, 0.15) is 59.1 Å². The van der Waals surface area contributed by atoms with E-state index in [1.807, 2.05) is 0 Å². The standard InChI is InChI=1S/C18H31NO/c1-17(2,3)19-14-16-10-7-9-15(13-16)11-8-12-20-18(4,5)6/h7,9-10,13,19H,8,11-12,14H2,1-6H3. The smallest absolute Gasteiger partial charge is 0.0598 e. The van der Waals surface area contributed by atoms with Crippen LogP contribution >= 0.6 is 0 Å². The first-order chi connectivity index (χ1) is 9.16. The molecule has 0 spiro atoms. The largest absolute Gasteiger partial charge is 0.376 e. The van der Waals surface area contributed by atoms with Crippen molar-refractivity contribution < 1.29 is 4.74 Å². The van der Waals surface area contributed by atoms with Crippen LogP contribution in [0.2, 0.25) is 0 Å². The normalized spacial score (nSPS) is 12.7. The Hall–Kier alpha value is -0.860. The van der Waals surface area contributed by atoms with E-state index in [1.54, 1.807) is 0 Å². The molecular weight excluding hydrogens is 246 g/mol. The number of hydrogen-bond donors (Lipinski definition) is 1. The number of nitrogens with one attached hydrogen (secondary N) is 1. The molecule has 0 amide bonds. The lowest BCUT2D eigenvalue weighted by Gasteiger charge is -2.21. The second-order valence-corrected chi connectivity index (χ2v) is 7.49. The predicted molar refractivity (Wildman–Crippen MR) is 87.1 cm³/mol. The Morgan fingerprint density at radius 2 is 1.65 bits per heavy atom. The topological polar surface area (TPSA) is 21.3 Å². The highest BCUT2D eigenvalue weighted by atomic mass is 16.5. The van der Waals surface area contributed by atoms with Crippen molar-refractivity contribution in [2.45, 2.75) is 72.1 Å². The Kier molecular flexibility index (Phi) is 6.22. The molecule has 1 aromatic rings. The zero-order valence-electron chi connectivity index (χ0n) is 14.0. The zero-order chi connectivity index (χ0) is 15.2. The van der Waals surface area contributed by atoms with E-state index in [0.717, 1.165) is 26.0 Å². The Labute approximate surface area is 124 Å². The van der Waals surface area contributed by atoms with Gasteiger partial charge in [-0.25, -0.2) is 0 Å². The summed E-state index contributed by atoms with van der Waals surface area (Å²) in [4.78, 5) is 0. The van der Waals surface area contributed by atoms with Gasteiger partial charge in [0.15, 0.2) is 0 Å². The van der Waals surface area contributed by atoms with E-state index in [-0.39, 0.29) is 11.1 Å². The molecule has 0 aromatic heterocycles. The lowest BCUT2D eigenvalue weighted by Crippen LogP contribution is -2.35. The van der Waals surface area contributed by atoms with Gasteiger partial charge in [0, 0.05) is 18.7 Å². The van der Waals surface area contributed by atoms with Gasteiger partial charge >= 0.3 is 0 Å². The summed E-state index contributed by atoms with van der Waals surface area (Å²) in [6.07, 6.45) is 2.16. The molecule has 0 aliphatic carbocycles. The summed E-state index contributed by atoms with van der Waals surface area (Å²) in [7, 11) is 0. The molecule has 0 atom stereocenters. The highest BCUT2D eigenvalue weighted by molar-refractivity contribution is 5.23. The highest BCUT2D eigenvalue weighted by Gasteiger charge is 2.10. The van der Waals surface area contributed by atoms with E-state index in [1.165, 1.54) is 11.1 Å². The maximum atomic E-state index is 5.76. The lowest BCUT2D eigenvalue weighted by molar-refractivity contribution is -0.00384. The SMILES string of the molecule is CC(C)(C)NCc1cccc(CCCOC(C)(C)C)c1. The average Bonchev–Trinajstić information content (AvgIpc) is 2.31. The van der Waals surface area contributed by atoms with Crippen molar-refractivity contribution in [1.82, 2.24) is 5.32 Å². The Morgan fingerprint density at radius 1 is 1.00 bits per heavy atom. The van der Waals surface area contributed by atoms with Crippen LogP contribution in [0.5, 0.6) is 0 Å². The summed E-state index contributed by atoms with van der Waals surface area (Å²) < 4.78 is 5.76. The highest BCUT2D eigenvalue weighted by Crippen LogP contribution is 2.11. The van der Waals surface area contributed by atoms with Gasteiger partial charge < -0.3 is 10.1 Å². The van der Waals surface area contributed by atoms with Gasteiger partial charge in [-0.05, 0) is 65.5 Å². The first-order valence-corrected chi connectivity index (χ1v) is 7.62. The monoisotopic (exact) mass is 277 g/mol. The molecule has 0 saturated carbocycles. The van der Waals surface area contributed by atoms with Gasteiger partial charge in [-0.15, -0.1) is 0 Å². The molecular formula is C18H31NO. The molecule has 114 valence electrons. The predicted octanol–water partition coefficient (Wildman–Crippen LogP) is 4.32. The van der Waals surface area contributed by atoms with Crippen LogP contribution in [0, 0.1) is 0 Å². The molecule has 2 heteroatoms.